The molecule has 0 aromatic heterocycles. The summed E-state index contributed by atoms with van der Waals surface area (Å²) in [5, 5.41) is 2.62. The molecule has 1 atom stereocenters. The fraction of sp³-hybridized carbons (Fsp3) is 0.500. The molecule has 1 aliphatic heterocycles. The molecule has 1 fully saturated rings. The molecule has 0 spiro atoms. The van der Waals surface area contributed by atoms with Gasteiger partial charge in [-0.05, 0) is 31.9 Å². The molecule has 0 saturated carbocycles. The zero-order valence-corrected chi connectivity index (χ0v) is 13.2. The maximum Gasteiger partial charge on any atom is 0.417 e. The quantitative estimate of drug-likeness (QED) is 0.917. The summed E-state index contributed by atoms with van der Waals surface area (Å²) >= 11 is 0. The number of carbonyl (C=O) groups excluding carboxylic acids is 2. The third-order valence-electron chi connectivity index (χ3n) is 3.77. The number of likely N-dealkylation sites (tertiary alicyclic amines) is 1. The number of benzene rings is 1. The second-order valence-electron chi connectivity index (χ2n) is 5.50. The topological polar surface area (TPSA) is 58.6 Å². The van der Waals surface area contributed by atoms with Crippen molar-refractivity contribution < 1.29 is 27.5 Å². The van der Waals surface area contributed by atoms with Crippen LogP contribution in [0.2, 0.25) is 0 Å². The van der Waals surface area contributed by atoms with Crippen LogP contribution in [0, 0.1) is 0 Å². The lowest BCUT2D eigenvalue weighted by atomic mass is 10.0. The van der Waals surface area contributed by atoms with Crippen LogP contribution in [-0.4, -0.2) is 42.6 Å². The second kappa shape index (κ2) is 7.55. The van der Waals surface area contributed by atoms with Crippen LogP contribution in [0.5, 0.6) is 0 Å². The number of amides is 2. The van der Waals surface area contributed by atoms with Crippen molar-refractivity contribution in [2.24, 2.45) is 0 Å². The van der Waals surface area contributed by atoms with Crippen LogP contribution in [0.25, 0.3) is 0 Å². The number of piperidine rings is 1. The van der Waals surface area contributed by atoms with E-state index in [0.717, 1.165) is 6.07 Å². The van der Waals surface area contributed by atoms with Gasteiger partial charge in [0.1, 0.15) is 0 Å². The van der Waals surface area contributed by atoms with Crippen LogP contribution in [0.15, 0.2) is 24.3 Å². The van der Waals surface area contributed by atoms with Crippen LogP contribution in [0.3, 0.4) is 0 Å². The lowest BCUT2D eigenvalue weighted by molar-refractivity contribution is -0.138. The van der Waals surface area contributed by atoms with E-state index in [9.17, 15) is 22.8 Å². The van der Waals surface area contributed by atoms with Gasteiger partial charge in [0.15, 0.2) is 0 Å². The van der Waals surface area contributed by atoms with Crippen molar-refractivity contribution in [1.82, 2.24) is 10.2 Å². The SMILES string of the molecule is CCOC(=O)N[C@@H]1CCCN(C(=O)c2ccccc2C(F)(F)F)C1. The van der Waals surface area contributed by atoms with Gasteiger partial charge in [-0.3, -0.25) is 4.79 Å². The molecule has 0 bridgehead atoms. The molecule has 24 heavy (non-hydrogen) atoms. The largest absolute Gasteiger partial charge is 0.450 e. The van der Waals surface area contributed by atoms with Gasteiger partial charge in [0.25, 0.3) is 5.91 Å². The van der Waals surface area contributed by atoms with E-state index in [1.54, 1.807) is 6.92 Å². The summed E-state index contributed by atoms with van der Waals surface area (Å²) in [5.74, 6) is -0.682. The first-order chi connectivity index (χ1) is 11.3. The number of halogens is 3. The standard InChI is InChI=1S/C16H19F3N2O3/c1-2-24-15(23)20-11-6-5-9-21(10-11)14(22)12-7-3-4-8-13(12)16(17,18)19/h3-4,7-8,11H,2,5-6,9-10H2,1H3,(H,20,23)/t11-/m1/s1. The highest BCUT2D eigenvalue weighted by Gasteiger charge is 2.36. The summed E-state index contributed by atoms with van der Waals surface area (Å²) in [6, 6.07) is 4.39. The van der Waals surface area contributed by atoms with Gasteiger partial charge < -0.3 is 15.0 Å². The van der Waals surface area contributed by atoms with Crippen LogP contribution >= 0.6 is 0 Å². The molecule has 2 rings (SSSR count). The number of hydrogen-bond acceptors (Lipinski definition) is 3. The van der Waals surface area contributed by atoms with Crippen LogP contribution < -0.4 is 5.32 Å². The van der Waals surface area contributed by atoms with Gasteiger partial charge >= 0.3 is 12.3 Å². The maximum absolute atomic E-state index is 13.1. The molecule has 1 aromatic carbocycles. The van der Waals surface area contributed by atoms with E-state index in [1.165, 1.54) is 23.1 Å². The minimum Gasteiger partial charge on any atom is -0.450 e. The fourth-order valence-electron chi connectivity index (χ4n) is 2.71. The number of ether oxygens (including phenoxy) is 1. The van der Waals surface area contributed by atoms with Crippen LogP contribution in [0.1, 0.15) is 35.7 Å². The summed E-state index contributed by atoms with van der Waals surface area (Å²) in [6.07, 6.45) is -3.95. The minimum atomic E-state index is -4.59. The van der Waals surface area contributed by atoms with Crippen LogP contribution in [0.4, 0.5) is 18.0 Å². The van der Waals surface area contributed by atoms with E-state index >= 15 is 0 Å². The highest BCUT2D eigenvalue weighted by Crippen LogP contribution is 2.32. The molecule has 1 N–H and O–H groups in total. The monoisotopic (exact) mass is 344 g/mol. The van der Waals surface area contributed by atoms with E-state index in [2.05, 4.69) is 5.32 Å². The van der Waals surface area contributed by atoms with Gasteiger partial charge in [0, 0.05) is 19.1 Å². The molecule has 2 amide bonds. The second-order valence-corrected chi connectivity index (χ2v) is 5.50. The minimum absolute atomic E-state index is 0.157. The smallest absolute Gasteiger partial charge is 0.417 e. The number of hydrogen-bond donors (Lipinski definition) is 1. The highest BCUT2D eigenvalue weighted by molar-refractivity contribution is 5.96. The summed E-state index contributed by atoms with van der Waals surface area (Å²) in [4.78, 5) is 25.3. The lowest BCUT2D eigenvalue weighted by Crippen LogP contribution is -2.50. The van der Waals surface area contributed by atoms with E-state index in [-0.39, 0.29) is 24.8 Å². The molecular formula is C16H19F3N2O3. The number of carbonyl (C=O) groups is 2. The number of alkyl halides is 3. The van der Waals surface area contributed by atoms with Gasteiger partial charge in [-0.1, -0.05) is 12.1 Å². The van der Waals surface area contributed by atoms with E-state index in [1.807, 2.05) is 0 Å². The van der Waals surface area contributed by atoms with E-state index in [4.69, 9.17) is 4.74 Å². The molecule has 132 valence electrons. The van der Waals surface area contributed by atoms with E-state index in [0.29, 0.717) is 19.4 Å². The summed E-state index contributed by atoms with van der Waals surface area (Å²) in [6.45, 7) is 2.40. The molecule has 1 aliphatic rings. The van der Waals surface area contributed by atoms with Crippen molar-refractivity contribution in [3.05, 3.63) is 35.4 Å². The summed E-state index contributed by atoms with van der Waals surface area (Å²) in [5.41, 5.74) is -1.32. The number of alkyl carbamates (subject to hydrolysis) is 1. The zero-order chi connectivity index (χ0) is 17.7. The van der Waals surface area contributed by atoms with Gasteiger partial charge in [0.2, 0.25) is 0 Å². The van der Waals surface area contributed by atoms with Crippen molar-refractivity contribution in [3.63, 3.8) is 0 Å². The van der Waals surface area contributed by atoms with Gasteiger partial charge in [-0.25, -0.2) is 4.79 Å². The summed E-state index contributed by atoms with van der Waals surface area (Å²) < 4.78 is 44.0. The van der Waals surface area contributed by atoms with Crippen molar-refractivity contribution >= 4 is 12.0 Å². The lowest BCUT2D eigenvalue weighted by Gasteiger charge is -2.33. The van der Waals surface area contributed by atoms with E-state index < -0.39 is 23.7 Å². The first-order valence-electron chi connectivity index (χ1n) is 7.71. The first kappa shape index (κ1) is 18.1. The molecule has 0 unspecified atom stereocenters. The predicted octanol–water partition coefficient (Wildman–Crippen LogP) is 3.06. The third-order valence-corrected chi connectivity index (χ3v) is 3.77. The molecule has 0 aliphatic carbocycles. The van der Waals surface area contributed by atoms with Crippen molar-refractivity contribution in [3.8, 4) is 0 Å². The average Bonchev–Trinajstić information content (AvgIpc) is 2.54. The van der Waals surface area contributed by atoms with Crippen LogP contribution in [-0.2, 0) is 10.9 Å². The Kier molecular flexibility index (Phi) is 5.69. The first-order valence-corrected chi connectivity index (χ1v) is 7.71. The molecule has 1 saturated heterocycles. The molecule has 1 heterocycles. The van der Waals surface area contributed by atoms with Gasteiger partial charge in [-0.15, -0.1) is 0 Å². The molecule has 0 radical (unpaired) electrons. The Morgan fingerprint density at radius 3 is 2.71 bits per heavy atom. The molecule has 5 nitrogen and oxygen atoms in total. The Bertz CT molecular complexity index is 604. The Morgan fingerprint density at radius 2 is 2.04 bits per heavy atom. The van der Waals surface area contributed by atoms with Gasteiger partial charge in [-0.2, -0.15) is 13.2 Å². The average molecular weight is 344 g/mol. The number of nitrogens with one attached hydrogen (secondary N) is 1. The maximum atomic E-state index is 13.1. The Hall–Kier alpha value is -2.25. The third kappa shape index (κ3) is 4.39. The highest BCUT2D eigenvalue weighted by atomic mass is 19.4. The fourth-order valence-corrected chi connectivity index (χ4v) is 2.71. The number of nitrogens with zero attached hydrogens (tertiary/aromatic N) is 1. The Morgan fingerprint density at radius 1 is 1.33 bits per heavy atom. The Balaban J connectivity index is 2.11. The molecule has 8 heteroatoms. The molecule has 1 aromatic rings. The normalized spacial score (nSPS) is 18.2. The predicted molar refractivity (Wildman–Crippen MR) is 80.5 cm³/mol. The zero-order valence-electron chi connectivity index (χ0n) is 13.2. The van der Waals surface area contributed by atoms with Crippen molar-refractivity contribution in [1.29, 1.82) is 0 Å². The van der Waals surface area contributed by atoms with Gasteiger partial charge in [0.05, 0.1) is 17.7 Å². The van der Waals surface area contributed by atoms with Crippen molar-refractivity contribution in [2.75, 3.05) is 19.7 Å². The Labute approximate surface area is 137 Å². The van der Waals surface area contributed by atoms with Crippen molar-refractivity contribution in [2.45, 2.75) is 32.0 Å². The molecular weight excluding hydrogens is 325 g/mol. The summed E-state index contributed by atoms with van der Waals surface area (Å²) in [7, 11) is 0. The number of rotatable bonds is 3.